The summed E-state index contributed by atoms with van der Waals surface area (Å²) in [6.45, 7) is 6.16. The zero-order valence-corrected chi connectivity index (χ0v) is 13.4. The van der Waals surface area contributed by atoms with E-state index >= 15 is 0 Å². The van der Waals surface area contributed by atoms with Crippen molar-refractivity contribution in [2.75, 3.05) is 19.3 Å². The van der Waals surface area contributed by atoms with Crippen molar-refractivity contribution in [2.24, 2.45) is 5.41 Å². The van der Waals surface area contributed by atoms with Crippen molar-refractivity contribution in [3.05, 3.63) is 35.5 Å². The molecule has 5 nitrogen and oxygen atoms in total. The Hall–Kier alpha value is -1.27. The maximum Gasteiger partial charge on any atom is 0.306 e. The van der Waals surface area contributed by atoms with Crippen molar-refractivity contribution in [3.8, 4) is 0 Å². The number of rotatable bonds is 3. The van der Waals surface area contributed by atoms with Gasteiger partial charge in [-0.3, -0.25) is 4.90 Å². The van der Waals surface area contributed by atoms with E-state index in [1.807, 2.05) is 0 Å². The summed E-state index contributed by atoms with van der Waals surface area (Å²) in [5.41, 5.74) is 1.60. The lowest BCUT2D eigenvalue weighted by Crippen LogP contribution is -2.43. The molecule has 1 atom stereocenters. The largest absolute Gasteiger partial charge is 0.472 e. The van der Waals surface area contributed by atoms with Crippen molar-refractivity contribution < 1.29 is 17.3 Å². The molecule has 1 aliphatic carbocycles. The van der Waals surface area contributed by atoms with E-state index in [2.05, 4.69) is 18.7 Å². The first kappa shape index (κ1) is 14.7. The summed E-state index contributed by atoms with van der Waals surface area (Å²) in [4.78, 5) is 2.32. The molecule has 1 saturated heterocycles. The fraction of sp³-hybridized carbons (Fsp3) is 0.600. The minimum atomic E-state index is -3.56. The van der Waals surface area contributed by atoms with Gasteiger partial charge in [0, 0.05) is 16.6 Å². The first-order chi connectivity index (χ1) is 9.81. The summed E-state index contributed by atoms with van der Waals surface area (Å²) in [6.07, 6.45) is 8.44. The minimum Gasteiger partial charge on any atom is -0.472 e. The molecule has 0 radical (unpaired) electrons. The molecular formula is C15H21NO4S. The Morgan fingerprint density at radius 3 is 2.62 bits per heavy atom. The second-order valence-electron chi connectivity index (χ2n) is 6.40. The van der Waals surface area contributed by atoms with E-state index in [1.165, 1.54) is 0 Å². The molecule has 6 heteroatoms. The Bertz CT molecular complexity index is 637. The van der Waals surface area contributed by atoms with Gasteiger partial charge in [-0.25, -0.2) is 0 Å². The summed E-state index contributed by atoms with van der Waals surface area (Å²) in [5, 5.41) is 0. The third kappa shape index (κ3) is 2.51. The topological polar surface area (TPSA) is 55.8 Å². The van der Waals surface area contributed by atoms with Crippen LogP contribution in [-0.2, 0) is 19.0 Å². The monoisotopic (exact) mass is 311 g/mol. The summed E-state index contributed by atoms with van der Waals surface area (Å²) < 4.78 is 34.1. The van der Waals surface area contributed by atoms with Gasteiger partial charge in [-0.15, -0.1) is 0 Å². The van der Waals surface area contributed by atoms with Crippen LogP contribution in [0, 0.1) is 5.41 Å². The number of allylic oxidation sites excluding steroid dienone is 2. The van der Waals surface area contributed by atoms with Crippen molar-refractivity contribution in [3.63, 3.8) is 0 Å². The molecule has 0 amide bonds. The van der Waals surface area contributed by atoms with Gasteiger partial charge in [-0.05, 0) is 32.0 Å². The second kappa shape index (κ2) is 4.88. The van der Waals surface area contributed by atoms with E-state index < -0.39 is 10.1 Å². The molecule has 0 spiro atoms. The molecule has 0 aromatic heterocycles. The lowest BCUT2D eigenvalue weighted by molar-refractivity contribution is 0.144. The van der Waals surface area contributed by atoms with Crippen LogP contribution in [0.3, 0.4) is 0 Å². The lowest BCUT2D eigenvalue weighted by Gasteiger charge is -2.36. The van der Waals surface area contributed by atoms with E-state index in [4.69, 9.17) is 8.92 Å². The molecule has 2 heterocycles. The van der Waals surface area contributed by atoms with Gasteiger partial charge in [0.2, 0.25) is 0 Å². The maximum atomic E-state index is 11.7. The van der Waals surface area contributed by atoms with Gasteiger partial charge in [0.1, 0.15) is 5.76 Å². The number of ether oxygens (including phenoxy) is 1. The molecule has 1 fully saturated rings. The Balaban J connectivity index is 2.10. The van der Waals surface area contributed by atoms with Gasteiger partial charge < -0.3 is 8.92 Å². The van der Waals surface area contributed by atoms with Crippen LogP contribution >= 0.6 is 0 Å². The van der Waals surface area contributed by atoms with Crippen LogP contribution in [0.2, 0.25) is 0 Å². The predicted octanol–water partition coefficient (Wildman–Crippen LogP) is 2.15. The highest BCUT2D eigenvalue weighted by Gasteiger charge is 2.50. The van der Waals surface area contributed by atoms with Crippen LogP contribution in [0.25, 0.3) is 0 Å². The van der Waals surface area contributed by atoms with Crippen LogP contribution in [0.4, 0.5) is 0 Å². The first-order valence-electron chi connectivity index (χ1n) is 7.21. The first-order valence-corrected chi connectivity index (χ1v) is 9.03. The quantitative estimate of drug-likeness (QED) is 0.748. The Morgan fingerprint density at radius 2 is 2.00 bits per heavy atom. The predicted molar refractivity (Wildman–Crippen MR) is 79.6 cm³/mol. The average molecular weight is 311 g/mol. The number of hydrogen-bond acceptors (Lipinski definition) is 5. The van der Waals surface area contributed by atoms with Crippen molar-refractivity contribution in [2.45, 2.75) is 32.7 Å². The fourth-order valence-electron chi connectivity index (χ4n) is 3.58. The highest BCUT2D eigenvalue weighted by atomic mass is 32.2. The summed E-state index contributed by atoms with van der Waals surface area (Å²) in [6, 6.07) is -0.0673. The zero-order chi connectivity index (χ0) is 15.3. The van der Waals surface area contributed by atoms with E-state index in [0.29, 0.717) is 5.76 Å². The number of nitrogens with zero attached hydrogens (tertiary/aromatic N) is 1. The molecule has 0 aromatic carbocycles. The van der Waals surface area contributed by atoms with E-state index in [-0.39, 0.29) is 11.5 Å². The molecule has 2 aliphatic heterocycles. The minimum absolute atomic E-state index is 0.0673. The van der Waals surface area contributed by atoms with Crippen LogP contribution < -0.4 is 0 Å². The highest BCUT2D eigenvalue weighted by molar-refractivity contribution is 7.86. The number of fused-ring (bicyclic) bond motifs is 1. The van der Waals surface area contributed by atoms with Gasteiger partial charge in [-0.2, -0.15) is 8.42 Å². The molecule has 116 valence electrons. The molecule has 0 saturated carbocycles. The number of hydrogen-bond donors (Lipinski definition) is 0. The summed E-state index contributed by atoms with van der Waals surface area (Å²) in [7, 11) is -3.56. The van der Waals surface area contributed by atoms with Crippen LogP contribution in [0.1, 0.15) is 26.7 Å². The molecular weight excluding hydrogens is 290 g/mol. The Morgan fingerprint density at radius 1 is 1.33 bits per heavy atom. The molecule has 0 N–H and O–H groups in total. The maximum absolute atomic E-state index is 11.7. The lowest BCUT2D eigenvalue weighted by atomic mass is 9.80. The fourth-order valence-corrected chi connectivity index (χ4v) is 4.09. The third-order valence-electron chi connectivity index (χ3n) is 4.43. The van der Waals surface area contributed by atoms with Crippen molar-refractivity contribution in [1.82, 2.24) is 4.90 Å². The van der Waals surface area contributed by atoms with Gasteiger partial charge in [0.25, 0.3) is 0 Å². The Kier molecular flexibility index (Phi) is 3.41. The molecule has 0 aromatic rings. The van der Waals surface area contributed by atoms with Crippen LogP contribution in [0.15, 0.2) is 35.5 Å². The van der Waals surface area contributed by atoms with E-state index in [9.17, 15) is 8.42 Å². The van der Waals surface area contributed by atoms with Gasteiger partial charge in [0.15, 0.2) is 0 Å². The molecule has 0 bridgehead atoms. The van der Waals surface area contributed by atoms with Gasteiger partial charge in [-0.1, -0.05) is 13.8 Å². The van der Waals surface area contributed by atoms with Crippen LogP contribution in [-0.4, -0.2) is 38.7 Å². The summed E-state index contributed by atoms with van der Waals surface area (Å²) in [5.74, 6) is 0.537. The number of likely N-dealkylation sites (tertiary alicyclic amines) is 1. The zero-order valence-electron chi connectivity index (χ0n) is 12.6. The third-order valence-corrected chi connectivity index (χ3v) is 4.91. The smallest absolute Gasteiger partial charge is 0.306 e. The van der Waals surface area contributed by atoms with Crippen molar-refractivity contribution >= 4 is 10.1 Å². The van der Waals surface area contributed by atoms with Gasteiger partial charge in [0.05, 0.1) is 24.8 Å². The van der Waals surface area contributed by atoms with Crippen molar-refractivity contribution in [1.29, 1.82) is 0 Å². The highest BCUT2D eigenvalue weighted by Crippen LogP contribution is 2.51. The standard InChI is InChI=1S/C15H21NO4S/c1-15(2)12-10-19-9-6-11(12)13(20-21(3,17)18)14(15)16-7-4-5-8-16/h6,9-10,14H,4-5,7-8H2,1-3H3. The Labute approximate surface area is 126 Å². The SMILES string of the molecule is CC1(C)C2=COC=CC2=C(OS(C)(=O)=O)C1N1CCCC1. The molecule has 21 heavy (non-hydrogen) atoms. The van der Waals surface area contributed by atoms with E-state index in [1.54, 1.807) is 18.6 Å². The van der Waals surface area contributed by atoms with Crippen LogP contribution in [0.5, 0.6) is 0 Å². The second-order valence-corrected chi connectivity index (χ2v) is 7.98. The molecule has 3 aliphatic rings. The average Bonchev–Trinajstić information content (AvgIpc) is 2.95. The molecule has 1 unspecified atom stereocenters. The summed E-state index contributed by atoms with van der Waals surface area (Å²) >= 11 is 0. The normalized spacial score (nSPS) is 28.3. The van der Waals surface area contributed by atoms with E-state index in [0.717, 1.165) is 43.3 Å². The van der Waals surface area contributed by atoms with Gasteiger partial charge >= 0.3 is 10.1 Å². The molecule has 3 rings (SSSR count).